The molecular formula is C15H24N2O2S. The van der Waals surface area contributed by atoms with E-state index in [1.54, 1.807) is 0 Å². The van der Waals surface area contributed by atoms with E-state index in [1.165, 1.54) is 15.4 Å². The Morgan fingerprint density at radius 2 is 1.95 bits per heavy atom. The smallest absolute Gasteiger partial charge is 0.202 e. The van der Waals surface area contributed by atoms with E-state index in [1.807, 2.05) is 19.9 Å². The summed E-state index contributed by atoms with van der Waals surface area (Å²) in [5.41, 5.74) is 2.67. The second kappa shape index (κ2) is 6.70. The second-order valence-electron chi connectivity index (χ2n) is 5.23. The fourth-order valence-corrected chi connectivity index (χ4v) is 4.20. The summed E-state index contributed by atoms with van der Waals surface area (Å²) in [5.74, 6) is 0.297. The molecule has 1 atom stereocenters. The second-order valence-corrected chi connectivity index (χ2v) is 6.98. The van der Waals surface area contributed by atoms with Gasteiger partial charge in [0.25, 0.3) is 10.2 Å². The van der Waals surface area contributed by atoms with Gasteiger partial charge in [0.05, 0.1) is 0 Å². The van der Waals surface area contributed by atoms with E-state index in [9.17, 15) is 8.42 Å². The van der Waals surface area contributed by atoms with Crippen molar-refractivity contribution >= 4 is 10.2 Å². The predicted octanol–water partition coefficient (Wildman–Crippen LogP) is 2.28. The van der Waals surface area contributed by atoms with Gasteiger partial charge in [-0.15, -0.1) is 0 Å². The molecule has 20 heavy (non-hydrogen) atoms. The predicted molar refractivity (Wildman–Crippen MR) is 82.0 cm³/mol. The third-order valence-corrected chi connectivity index (χ3v) is 5.78. The molecule has 0 aromatic heterocycles. The molecule has 0 spiro atoms. The Balaban J connectivity index is 2.06. The molecule has 1 N–H and O–H groups in total. The summed E-state index contributed by atoms with van der Waals surface area (Å²) in [4.78, 5) is 0. The van der Waals surface area contributed by atoms with E-state index in [2.05, 4.69) is 22.9 Å². The van der Waals surface area contributed by atoms with E-state index in [4.69, 9.17) is 0 Å². The van der Waals surface area contributed by atoms with Crippen molar-refractivity contribution in [1.82, 2.24) is 9.03 Å². The number of nitrogens with zero attached hydrogens (tertiary/aromatic N) is 1. The molecular weight excluding hydrogens is 272 g/mol. The number of aryl methyl sites for hydroxylation is 1. The van der Waals surface area contributed by atoms with Crippen molar-refractivity contribution in [1.29, 1.82) is 0 Å². The first kappa shape index (κ1) is 15.5. The van der Waals surface area contributed by atoms with Gasteiger partial charge in [-0.1, -0.05) is 38.1 Å². The number of nitrogens with one attached hydrogen (secondary N) is 1. The summed E-state index contributed by atoms with van der Waals surface area (Å²) >= 11 is 0. The minimum absolute atomic E-state index is 0.297. The Labute approximate surface area is 122 Å². The van der Waals surface area contributed by atoms with Gasteiger partial charge in [0.2, 0.25) is 0 Å². The molecule has 0 saturated heterocycles. The van der Waals surface area contributed by atoms with Gasteiger partial charge in [-0.05, 0) is 36.3 Å². The lowest BCUT2D eigenvalue weighted by atomic mass is 9.83. The first-order valence-electron chi connectivity index (χ1n) is 7.41. The molecule has 2 rings (SSSR count). The fourth-order valence-electron chi connectivity index (χ4n) is 2.93. The summed E-state index contributed by atoms with van der Waals surface area (Å²) < 4.78 is 28.6. The van der Waals surface area contributed by atoms with Crippen LogP contribution in [0, 0.1) is 0 Å². The number of benzene rings is 1. The average Bonchev–Trinajstić information content (AvgIpc) is 2.46. The molecule has 0 saturated carbocycles. The third-order valence-electron chi connectivity index (χ3n) is 4.05. The van der Waals surface area contributed by atoms with Crippen molar-refractivity contribution in [3.63, 3.8) is 0 Å². The van der Waals surface area contributed by atoms with Gasteiger partial charge in [0.1, 0.15) is 0 Å². The zero-order valence-electron chi connectivity index (χ0n) is 12.3. The summed E-state index contributed by atoms with van der Waals surface area (Å²) in [6.07, 6.45) is 3.29. The van der Waals surface area contributed by atoms with Crippen LogP contribution < -0.4 is 4.72 Å². The summed E-state index contributed by atoms with van der Waals surface area (Å²) in [6, 6.07) is 8.38. The molecule has 4 nitrogen and oxygen atoms in total. The van der Waals surface area contributed by atoms with Crippen LogP contribution in [0.15, 0.2) is 24.3 Å². The van der Waals surface area contributed by atoms with Crippen LogP contribution in [-0.2, 0) is 16.6 Å². The van der Waals surface area contributed by atoms with Crippen LogP contribution in [-0.4, -0.2) is 32.4 Å². The maximum atomic E-state index is 12.2. The van der Waals surface area contributed by atoms with Crippen LogP contribution in [0.1, 0.15) is 43.7 Å². The van der Waals surface area contributed by atoms with Crippen LogP contribution >= 0.6 is 0 Å². The molecule has 112 valence electrons. The fraction of sp³-hybridized carbons (Fsp3) is 0.600. The minimum Gasteiger partial charge on any atom is -0.202 e. The van der Waals surface area contributed by atoms with Crippen molar-refractivity contribution in [3.05, 3.63) is 35.4 Å². The highest BCUT2D eigenvalue weighted by molar-refractivity contribution is 7.87. The van der Waals surface area contributed by atoms with E-state index in [-0.39, 0.29) is 0 Å². The Morgan fingerprint density at radius 1 is 1.25 bits per heavy atom. The maximum absolute atomic E-state index is 12.2. The Hall–Kier alpha value is -0.910. The maximum Gasteiger partial charge on any atom is 0.279 e. The van der Waals surface area contributed by atoms with Gasteiger partial charge in [-0.25, -0.2) is 4.72 Å². The number of hydrogen-bond donors (Lipinski definition) is 1. The molecule has 1 aromatic rings. The number of rotatable bonds is 6. The lowest BCUT2D eigenvalue weighted by Gasteiger charge is -2.27. The standard InChI is InChI=1S/C15H24N2O2S/c1-3-17(4-2)20(18,19)16-12-14-10-7-9-13-8-5-6-11-15(13)14/h5-6,8,11,14,16H,3-4,7,9-10,12H2,1-2H3. The largest absolute Gasteiger partial charge is 0.279 e. The zero-order chi connectivity index (χ0) is 14.6. The summed E-state index contributed by atoms with van der Waals surface area (Å²) in [6.45, 7) is 5.23. The third kappa shape index (κ3) is 3.40. The SMILES string of the molecule is CCN(CC)S(=O)(=O)NCC1CCCc2ccccc21. The zero-order valence-corrected chi connectivity index (χ0v) is 13.1. The van der Waals surface area contributed by atoms with Crippen molar-refractivity contribution < 1.29 is 8.42 Å². The van der Waals surface area contributed by atoms with Gasteiger partial charge in [0.15, 0.2) is 0 Å². The lowest BCUT2D eigenvalue weighted by Crippen LogP contribution is -2.42. The first-order valence-corrected chi connectivity index (χ1v) is 8.85. The average molecular weight is 296 g/mol. The Kier molecular flexibility index (Phi) is 5.18. The van der Waals surface area contributed by atoms with E-state index < -0.39 is 10.2 Å². The molecule has 0 fully saturated rings. The molecule has 0 aliphatic heterocycles. The minimum atomic E-state index is -3.34. The van der Waals surface area contributed by atoms with Gasteiger partial charge >= 0.3 is 0 Å². The summed E-state index contributed by atoms with van der Waals surface area (Å²) in [5, 5.41) is 0. The van der Waals surface area contributed by atoms with E-state index in [0.29, 0.717) is 25.6 Å². The van der Waals surface area contributed by atoms with Crippen molar-refractivity contribution in [2.24, 2.45) is 0 Å². The van der Waals surface area contributed by atoms with Gasteiger partial charge in [-0.2, -0.15) is 12.7 Å². The highest BCUT2D eigenvalue weighted by Gasteiger charge is 2.23. The number of hydrogen-bond acceptors (Lipinski definition) is 2. The van der Waals surface area contributed by atoms with Gasteiger partial charge in [0, 0.05) is 19.6 Å². The lowest BCUT2D eigenvalue weighted by molar-refractivity contribution is 0.429. The molecule has 0 bridgehead atoms. The monoisotopic (exact) mass is 296 g/mol. The van der Waals surface area contributed by atoms with E-state index in [0.717, 1.165) is 19.3 Å². The van der Waals surface area contributed by atoms with Crippen LogP contribution in [0.3, 0.4) is 0 Å². The Bertz CT molecular complexity index is 539. The van der Waals surface area contributed by atoms with Crippen LogP contribution in [0.2, 0.25) is 0 Å². The molecule has 0 radical (unpaired) electrons. The Morgan fingerprint density at radius 3 is 2.65 bits per heavy atom. The van der Waals surface area contributed by atoms with Crippen molar-refractivity contribution in [2.75, 3.05) is 19.6 Å². The van der Waals surface area contributed by atoms with Crippen LogP contribution in [0.5, 0.6) is 0 Å². The molecule has 1 aromatic carbocycles. The molecule has 1 aliphatic rings. The molecule has 1 unspecified atom stereocenters. The normalized spacial score (nSPS) is 19.1. The van der Waals surface area contributed by atoms with E-state index >= 15 is 0 Å². The molecule has 0 heterocycles. The van der Waals surface area contributed by atoms with Crippen LogP contribution in [0.25, 0.3) is 0 Å². The molecule has 0 amide bonds. The van der Waals surface area contributed by atoms with Crippen molar-refractivity contribution in [3.8, 4) is 0 Å². The highest BCUT2D eigenvalue weighted by Crippen LogP contribution is 2.30. The van der Waals surface area contributed by atoms with Gasteiger partial charge < -0.3 is 0 Å². The van der Waals surface area contributed by atoms with Crippen LogP contribution in [0.4, 0.5) is 0 Å². The van der Waals surface area contributed by atoms with Crippen molar-refractivity contribution in [2.45, 2.75) is 39.0 Å². The topological polar surface area (TPSA) is 49.4 Å². The first-order chi connectivity index (χ1) is 9.58. The summed E-state index contributed by atoms with van der Waals surface area (Å²) in [7, 11) is -3.34. The van der Waals surface area contributed by atoms with Gasteiger partial charge in [-0.3, -0.25) is 0 Å². The quantitative estimate of drug-likeness (QED) is 0.875. The molecule has 1 aliphatic carbocycles. The molecule has 5 heteroatoms. The highest BCUT2D eigenvalue weighted by atomic mass is 32.2. The number of fused-ring (bicyclic) bond motifs is 1.